The van der Waals surface area contributed by atoms with Gasteiger partial charge in [-0.05, 0) is 32.6 Å². The van der Waals surface area contributed by atoms with Gasteiger partial charge in [-0.1, -0.05) is 6.92 Å². The molecule has 0 bridgehead atoms. The van der Waals surface area contributed by atoms with Gasteiger partial charge in [0.1, 0.15) is 0 Å². The lowest BCUT2D eigenvalue weighted by atomic mass is 10.0. The maximum Gasteiger partial charge on any atom is 0.315 e. The van der Waals surface area contributed by atoms with Gasteiger partial charge in [0.15, 0.2) is 0 Å². The molecule has 0 saturated carbocycles. The molecule has 4 N–H and O–H groups in total. The lowest BCUT2D eigenvalue weighted by molar-refractivity contribution is -0.137. The fraction of sp³-hybridized carbons (Fsp3) is 0.769. The largest absolute Gasteiger partial charge is 0.481 e. The molecule has 0 aromatic heterocycles. The van der Waals surface area contributed by atoms with Crippen LogP contribution in [0.2, 0.25) is 0 Å². The number of nitrogens with one attached hydrogen (secondary N) is 3. The van der Waals surface area contributed by atoms with Gasteiger partial charge in [-0.2, -0.15) is 0 Å². The highest BCUT2D eigenvalue weighted by molar-refractivity contribution is 5.83. The van der Waals surface area contributed by atoms with Crippen molar-refractivity contribution in [2.24, 2.45) is 5.92 Å². The molecule has 0 radical (unpaired) electrons. The molecule has 0 aliphatic heterocycles. The Morgan fingerprint density at radius 1 is 1.05 bits per heavy atom. The van der Waals surface area contributed by atoms with Crippen molar-refractivity contribution in [1.82, 2.24) is 16.0 Å². The first-order chi connectivity index (χ1) is 9.31. The summed E-state index contributed by atoms with van der Waals surface area (Å²) in [5.41, 5.74) is 0. The van der Waals surface area contributed by atoms with Crippen LogP contribution in [0, 0.1) is 5.92 Å². The average Bonchev–Trinajstić information content (AvgIpc) is 2.33. The third-order valence-corrected chi connectivity index (χ3v) is 2.63. The fourth-order valence-corrected chi connectivity index (χ4v) is 1.54. The third kappa shape index (κ3) is 11.3. The molecule has 0 aromatic carbocycles. The van der Waals surface area contributed by atoms with E-state index in [4.69, 9.17) is 5.11 Å². The van der Waals surface area contributed by atoms with Crippen LogP contribution in [-0.4, -0.2) is 42.1 Å². The number of carbonyl (C=O) groups is 3. The molecule has 1 atom stereocenters. The van der Waals surface area contributed by atoms with Crippen molar-refractivity contribution >= 4 is 17.9 Å². The van der Waals surface area contributed by atoms with E-state index in [1.165, 1.54) is 0 Å². The maximum absolute atomic E-state index is 11.4. The summed E-state index contributed by atoms with van der Waals surface area (Å²) in [5.74, 6) is -0.806. The molecule has 0 spiro atoms. The normalized spacial score (nSPS) is 11.8. The highest BCUT2D eigenvalue weighted by atomic mass is 16.4. The standard InChI is InChI=1S/C13H25N3O4/c1-9(2)16-11(17)8-15-13(20)14-7-6-10(3)4-5-12(18)19/h9-10H,4-8H2,1-3H3,(H,16,17)(H,18,19)(H2,14,15,20). The van der Waals surface area contributed by atoms with Gasteiger partial charge in [0.05, 0.1) is 6.54 Å². The van der Waals surface area contributed by atoms with Gasteiger partial charge in [0.2, 0.25) is 5.91 Å². The van der Waals surface area contributed by atoms with Gasteiger partial charge in [0, 0.05) is 19.0 Å². The van der Waals surface area contributed by atoms with Crippen LogP contribution >= 0.6 is 0 Å². The zero-order chi connectivity index (χ0) is 15.5. The van der Waals surface area contributed by atoms with Crippen molar-refractivity contribution in [3.63, 3.8) is 0 Å². The van der Waals surface area contributed by atoms with E-state index >= 15 is 0 Å². The Bertz CT molecular complexity index is 332. The van der Waals surface area contributed by atoms with Crippen LogP contribution < -0.4 is 16.0 Å². The van der Waals surface area contributed by atoms with Crippen molar-refractivity contribution in [3.8, 4) is 0 Å². The quantitative estimate of drug-likeness (QED) is 0.500. The van der Waals surface area contributed by atoms with E-state index in [1.807, 2.05) is 20.8 Å². The first kappa shape index (κ1) is 18.2. The predicted molar refractivity (Wildman–Crippen MR) is 75.3 cm³/mol. The number of carboxylic acid groups (broad SMARTS) is 1. The zero-order valence-corrected chi connectivity index (χ0v) is 12.4. The topological polar surface area (TPSA) is 108 Å². The molecule has 0 fully saturated rings. The number of hydrogen-bond donors (Lipinski definition) is 4. The Hall–Kier alpha value is -1.79. The molecule has 20 heavy (non-hydrogen) atoms. The minimum Gasteiger partial charge on any atom is -0.481 e. The second kappa shape index (κ2) is 10.1. The molecule has 0 heterocycles. The van der Waals surface area contributed by atoms with Gasteiger partial charge in [0.25, 0.3) is 0 Å². The van der Waals surface area contributed by atoms with Crippen LogP contribution in [0.4, 0.5) is 4.79 Å². The van der Waals surface area contributed by atoms with Crippen molar-refractivity contribution in [2.45, 2.75) is 46.1 Å². The molecular formula is C13H25N3O4. The number of carbonyl (C=O) groups excluding carboxylic acids is 2. The summed E-state index contributed by atoms with van der Waals surface area (Å²) >= 11 is 0. The Morgan fingerprint density at radius 3 is 2.25 bits per heavy atom. The van der Waals surface area contributed by atoms with E-state index < -0.39 is 12.0 Å². The van der Waals surface area contributed by atoms with E-state index in [0.29, 0.717) is 19.4 Å². The van der Waals surface area contributed by atoms with Gasteiger partial charge in [-0.15, -0.1) is 0 Å². The minimum atomic E-state index is -0.807. The summed E-state index contributed by atoms with van der Waals surface area (Å²) in [6.07, 6.45) is 1.44. The van der Waals surface area contributed by atoms with E-state index in [0.717, 1.165) is 0 Å². The van der Waals surface area contributed by atoms with Crippen molar-refractivity contribution in [2.75, 3.05) is 13.1 Å². The predicted octanol–water partition coefficient (Wildman–Crippen LogP) is 0.701. The summed E-state index contributed by atoms with van der Waals surface area (Å²) in [6, 6.07) is -0.350. The van der Waals surface area contributed by atoms with Crippen LogP contribution in [0.15, 0.2) is 0 Å². The molecule has 0 saturated heterocycles. The summed E-state index contributed by atoms with van der Waals surface area (Å²) < 4.78 is 0. The monoisotopic (exact) mass is 287 g/mol. The highest BCUT2D eigenvalue weighted by Crippen LogP contribution is 2.08. The second-order valence-electron chi connectivity index (χ2n) is 5.16. The molecule has 0 aliphatic carbocycles. The molecule has 1 unspecified atom stereocenters. The van der Waals surface area contributed by atoms with Crippen LogP contribution in [-0.2, 0) is 9.59 Å². The van der Waals surface area contributed by atoms with Crippen LogP contribution in [0.1, 0.15) is 40.0 Å². The first-order valence-electron chi connectivity index (χ1n) is 6.84. The molecule has 7 nitrogen and oxygen atoms in total. The fourth-order valence-electron chi connectivity index (χ4n) is 1.54. The summed E-state index contributed by atoms with van der Waals surface area (Å²) in [7, 11) is 0. The molecule has 3 amide bonds. The van der Waals surface area contributed by atoms with Gasteiger partial charge in [-0.3, -0.25) is 9.59 Å². The lowest BCUT2D eigenvalue weighted by Gasteiger charge is -2.12. The number of hydrogen-bond acceptors (Lipinski definition) is 3. The summed E-state index contributed by atoms with van der Waals surface area (Å²) in [6.45, 7) is 6.03. The van der Waals surface area contributed by atoms with Crippen LogP contribution in [0.5, 0.6) is 0 Å². The van der Waals surface area contributed by atoms with Gasteiger partial charge >= 0.3 is 12.0 Å². The smallest absolute Gasteiger partial charge is 0.315 e. The van der Waals surface area contributed by atoms with Gasteiger partial charge in [-0.25, -0.2) is 4.79 Å². The van der Waals surface area contributed by atoms with E-state index in [-0.39, 0.29) is 30.8 Å². The third-order valence-electron chi connectivity index (χ3n) is 2.63. The van der Waals surface area contributed by atoms with Crippen molar-refractivity contribution < 1.29 is 19.5 Å². The van der Waals surface area contributed by atoms with E-state index in [9.17, 15) is 14.4 Å². The molecule has 0 aliphatic rings. The number of amides is 3. The number of carboxylic acids is 1. The maximum atomic E-state index is 11.4. The summed E-state index contributed by atoms with van der Waals surface area (Å²) in [4.78, 5) is 33.1. The molecule has 0 rings (SSSR count). The Kier molecular flexibility index (Phi) is 9.15. The van der Waals surface area contributed by atoms with E-state index in [1.54, 1.807) is 0 Å². The zero-order valence-electron chi connectivity index (χ0n) is 12.4. The SMILES string of the molecule is CC(CCNC(=O)NCC(=O)NC(C)C)CCC(=O)O. The lowest BCUT2D eigenvalue weighted by Crippen LogP contribution is -2.43. The minimum absolute atomic E-state index is 0.0439. The summed E-state index contributed by atoms with van der Waals surface area (Å²) in [5, 5.41) is 16.3. The molecule has 7 heteroatoms. The number of rotatable bonds is 9. The molecular weight excluding hydrogens is 262 g/mol. The highest BCUT2D eigenvalue weighted by Gasteiger charge is 2.08. The van der Waals surface area contributed by atoms with Crippen LogP contribution in [0.3, 0.4) is 0 Å². The van der Waals surface area contributed by atoms with Gasteiger partial charge < -0.3 is 21.1 Å². The Morgan fingerprint density at radius 2 is 1.70 bits per heavy atom. The average molecular weight is 287 g/mol. The van der Waals surface area contributed by atoms with E-state index in [2.05, 4.69) is 16.0 Å². The van der Waals surface area contributed by atoms with Crippen molar-refractivity contribution in [3.05, 3.63) is 0 Å². The number of aliphatic carboxylic acids is 1. The first-order valence-corrected chi connectivity index (χ1v) is 6.84. The molecule has 0 aromatic rings. The Labute approximate surface area is 119 Å². The van der Waals surface area contributed by atoms with Crippen LogP contribution in [0.25, 0.3) is 0 Å². The second-order valence-corrected chi connectivity index (χ2v) is 5.16. The Balaban J connectivity index is 3.63. The number of urea groups is 1. The van der Waals surface area contributed by atoms with Crippen molar-refractivity contribution in [1.29, 1.82) is 0 Å². The molecule has 116 valence electrons.